The van der Waals surface area contributed by atoms with Crippen LogP contribution in [0.5, 0.6) is 5.75 Å². The van der Waals surface area contributed by atoms with E-state index in [1.54, 1.807) is 7.11 Å². The van der Waals surface area contributed by atoms with E-state index in [0.717, 1.165) is 30.6 Å². The van der Waals surface area contributed by atoms with Crippen LogP contribution in [0, 0.1) is 0 Å². The van der Waals surface area contributed by atoms with Gasteiger partial charge >= 0.3 is 0 Å². The van der Waals surface area contributed by atoms with Gasteiger partial charge in [-0.3, -0.25) is 14.4 Å². The normalized spacial score (nSPS) is 23.4. The molecular formula is C18H20N2O5. The monoisotopic (exact) mass is 344 g/mol. The van der Waals surface area contributed by atoms with Gasteiger partial charge < -0.3 is 20.5 Å². The lowest BCUT2D eigenvalue weighted by atomic mass is 9.96. The highest BCUT2D eigenvalue weighted by Crippen LogP contribution is 2.38. The number of ketones is 1. The molecule has 0 bridgehead atoms. The minimum absolute atomic E-state index is 0.100. The molecule has 0 radical (unpaired) electrons. The molecule has 3 N–H and O–H groups in total. The van der Waals surface area contributed by atoms with E-state index in [4.69, 9.17) is 4.74 Å². The molecule has 25 heavy (non-hydrogen) atoms. The minimum Gasteiger partial charge on any atom is -0.503 e. The number of carbonyl (C=O) groups is 3. The van der Waals surface area contributed by atoms with Gasteiger partial charge in [-0.15, -0.1) is 0 Å². The van der Waals surface area contributed by atoms with E-state index in [2.05, 4.69) is 10.6 Å². The molecule has 3 rings (SSSR count). The van der Waals surface area contributed by atoms with Crippen molar-refractivity contribution < 1.29 is 24.2 Å². The predicted molar refractivity (Wildman–Crippen MR) is 88.9 cm³/mol. The van der Waals surface area contributed by atoms with Crippen LogP contribution >= 0.6 is 0 Å². The number of aliphatic hydroxyl groups excluding tert-OH is 1. The van der Waals surface area contributed by atoms with Gasteiger partial charge in [-0.05, 0) is 36.8 Å². The Labute approximate surface area is 145 Å². The highest BCUT2D eigenvalue weighted by Gasteiger charge is 2.33. The lowest BCUT2D eigenvalue weighted by molar-refractivity contribution is -0.131. The van der Waals surface area contributed by atoms with E-state index >= 15 is 0 Å². The molecule has 7 nitrogen and oxygen atoms in total. The van der Waals surface area contributed by atoms with E-state index in [0.29, 0.717) is 0 Å². The zero-order chi connectivity index (χ0) is 18.0. The standard InChI is InChI=1S/C18H20N2O5/c1-25-14-5-3-2-4-12(14)10-6-7-11(8-10)19-18(24)16-17(23)13(21)9-15(22)20-16/h2-5,10-11,23H,6-9H2,1H3,(H,19,24)(H,20,22). The Morgan fingerprint density at radius 2 is 2.04 bits per heavy atom. The Balaban J connectivity index is 1.67. The Bertz CT molecular complexity index is 756. The first-order chi connectivity index (χ1) is 12.0. The third-order valence-corrected chi connectivity index (χ3v) is 4.66. The number of hydrogen-bond donors (Lipinski definition) is 3. The van der Waals surface area contributed by atoms with Crippen LogP contribution < -0.4 is 15.4 Å². The zero-order valence-electron chi connectivity index (χ0n) is 13.9. The van der Waals surface area contributed by atoms with Crippen molar-refractivity contribution in [2.75, 3.05) is 7.11 Å². The van der Waals surface area contributed by atoms with Crippen molar-refractivity contribution in [2.45, 2.75) is 37.6 Å². The van der Waals surface area contributed by atoms with Crippen molar-refractivity contribution >= 4 is 17.6 Å². The predicted octanol–water partition coefficient (Wildman–Crippen LogP) is 1.31. The van der Waals surface area contributed by atoms with Crippen molar-refractivity contribution in [1.82, 2.24) is 10.6 Å². The molecule has 7 heteroatoms. The Morgan fingerprint density at radius 1 is 1.28 bits per heavy atom. The van der Waals surface area contributed by atoms with Gasteiger partial charge in [-0.1, -0.05) is 18.2 Å². The third kappa shape index (κ3) is 3.50. The van der Waals surface area contributed by atoms with Crippen LogP contribution in [0.1, 0.15) is 37.2 Å². The number of benzene rings is 1. The molecule has 132 valence electrons. The summed E-state index contributed by atoms with van der Waals surface area (Å²) in [6, 6.07) is 7.69. The molecule has 2 unspecified atom stereocenters. The van der Waals surface area contributed by atoms with Crippen LogP contribution in [0.15, 0.2) is 35.7 Å². The molecule has 1 fully saturated rings. The van der Waals surface area contributed by atoms with Gasteiger partial charge in [0.25, 0.3) is 5.91 Å². The SMILES string of the molecule is COc1ccccc1C1CCC(NC(=O)C2=C(O)C(=O)CC(=O)N2)C1. The second kappa shape index (κ2) is 6.96. The molecule has 0 saturated heterocycles. The summed E-state index contributed by atoms with van der Waals surface area (Å²) in [7, 11) is 1.63. The van der Waals surface area contributed by atoms with E-state index in [1.165, 1.54) is 0 Å². The first kappa shape index (κ1) is 17.0. The van der Waals surface area contributed by atoms with Crippen LogP contribution in [-0.2, 0) is 14.4 Å². The number of rotatable bonds is 4. The van der Waals surface area contributed by atoms with Crippen LogP contribution in [0.2, 0.25) is 0 Å². The van der Waals surface area contributed by atoms with Gasteiger partial charge in [-0.2, -0.15) is 0 Å². The summed E-state index contributed by atoms with van der Waals surface area (Å²) < 4.78 is 5.39. The molecule has 1 aliphatic heterocycles. The highest BCUT2D eigenvalue weighted by molar-refractivity contribution is 6.15. The molecule has 2 amide bonds. The number of allylic oxidation sites excluding steroid dienone is 1. The molecule has 1 aromatic carbocycles. The van der Waals surface area contributed by atoms with Gasteiger partial charge in [0, 0.05) is 6.04 Å². The van der Waals surface area contributed by atoms with Gasteiger partial charge in [0.1, 0.15) is 5.75 Å². The smallest absolute Gasteiger partial charge is 0.272 e. The van der Waals surface area contributed by atoms with Crippen molar-refractivity contribution in [3.8, 4) is 5.75 Å². The van der Waals surface area contributed by atoms with E-state index in [9.17, 15) is 19.5 Å². The average Bonchev–Trinajstić information content (AvgIpc) is 3.06. The number of hydrogen-bond acceptors (Lipinski definition) is 5. The molecule has 0 aromatic heterocycles. The second-order valence-corrected chi connectivity index (χ2v) is 6.29. The Hall–Kier alpha value is -2.83. The Morgan fingerprint density at radius 3 is 2.80 bits per heavy atom. The summed E-state index contributed by atoms with van der Waals surface area (Å²) in [5.41, 5.74) is 0.743. The summed E-state index contributed by atoms with van der Waals surface area (Å²) in [4.78, 5) is 35.2. The van der Waals surface area contributed by atoms with Gasteiger partial charge in [-0.25, -0.2) is 0 Å². The van der Waals surface area contributed by atoms with Gasteiger partial charge in [0.15, 0.2) is 11.5 Å². The van der Waals surface area contributed by atoms with Gasteiger partial charge in [0.05, 0.1) is 13.5 Å². The molecule has 0 spiro atoms. The highest BCUT2D eigenvalue weighted by atomic mass is 16.5. The summed E-state index contributed by atoms with van der Waals surface area (Å²) >= 11 is 0. The van der Waals surface area contributed by atoms with Crippen LogP contribution in [0.4, 0.5) is 0 Å². The minimum atomic E-state index is -0.743. The van der Waals surface area contributed by atoms with Crippen molar-refractivity contribution in [1.29, 1.82) is 0 Å². The first-order valence-electron chi connectivity index (χ1n) is 8.19. The summed E-state index contributed by atoms with van der Waals surface area (Å²) in [6.07, 6.45) is 1.94. The van der Waals surface area contributed by atoms with E-state index in [-0.39, 0.29) is 17.7 Å². The van der Waals surface area contributed by atoms with Crippen molar-refractivity contribution in [3.05, 3.63) is 41.3 Å². The first-order valence-corrected chi connectivity index (χ1v) is 8.19. The maximum absolute atomic E-state index is 12.3. The number of para-hydroxylation sites is 1. The lowest BCUT2D eigenvalue weighted by Gasteiger charge is -2.19. The fourth-order valence-electron chi connectivity index (χ4n) is 3.43. The molecule has 1 aliphatic carbocycles. The molecule has 2 atom stereocenters. The largest absolute Gasteiger partial charge is 0.503 e. The number of aliphatic hydroxyl groups is 1. The van der Waals surface area contributed by atoms with Gasteiger partial charge in [0.2, 0.25) is 11.7 Å². The van der Waals surface area contributed by atoms with E-state index < -0.39 is 29.8 Å². The quantitative estimate of drug-likeness (QED) is 0.714. The second-order valence-electron chi connectivity index (χ2n) is 6.29. The number of methoxy groups -OCH3 is 1. The molecule has 1 saturated carbocycles. The number of Topliss-reactive ketones (excluding diaryl/α,β-unsaturated/α-hetero) is 1. The number of carbonyl (C=O) groups excluding carboxylic acids is 3. The molecular weight excluding hydrogens is 324 g/mol. The maximum Gasteiger partial charge on any atom is 0.272 e. The third-order valence-electron chi connectivity index (χ3n) is 4.66. The molecule has 2 aliphatic rings. The van der Waals surface area contributed by atoms with Crippen molar-refractivity contribution in [3.63, 3.8) is 0 Å². The summed E-state index contributed by atoms with van der Waals surface area (Å²) in [6.45, 7) is 0. The summed E-state index contributed by atoms with van der Waals surface area (Å²) in [5, 5.41) is 14.8. The van der Waals surface area contributed by atoms with Crippen LogP contribution in [-0.4, -0.2) is 35.9 Å². The van der Waals surface area contributed by atoms with Crippen LogP contribution in [0.25, 0.3) is 0 Å². The van der Waals surface area contributed by atoms with Crippen LogP contribution in [0.3, 0.4) is 0 Å². The maximum atomic E-state index is 12.3. The lowest BCUT2D eigenvalue weighted by Crippen LogP contribution is -2.43. The molecule has 1 heterocycles. The van der Waals surface area contributed by atoms with Crippen molar-refractivity contribution in [2.24, 2.45) is 0 Å². The number of nitrogens with one attached hydrogen (secondary N) is 2. The Kier molecular flexibility index (Phi) is 4.74. The van der Waals surface area contributed by atoms with E-state index in [1.807, 2.05) is 24.3 Å². The topological polar surface area (TPSA) is 105 Å². The molecule has 1 aromatic rings. The fourth-order valence-corrected chi connectivity index (χ4v) is 3.43. The summed E-state index contributed by atoms with van der Waals surface area (Å²) in [5.74, 6) is -1.57. The fraction of sp³-hybridized carbons (Fsp3) is 0.389. The zero-order valence-corrected chi connectivity index (χ0v) is 13.9. The average molecular weight is 344 g/mol. The number of amides is 2. The number of ether oxygens (including phenoxy) is 1.